The maximum Gasteiger partial charge on any atom is 0.522 e. The number of anilines is 1. The van der Waals surface area contributed by atoms with Crippen LogP contribution in [0.15, 0.2) is 18.2 Å². The Morgan fingerprint density at radius 1 is 1.16 bits per heavy atom. The summed E-state index contributed by atoms with van der Waals surface area (Å²) in [7, 11) is -3.74. The summed E-state index contributed by atoms with van der Waals surface area (Å²) in [6.07, 6.45) is -8.32. The molecule has 1 aromatic heterocycles. The van der Waals surface area contributed by atoms with Gasteiger partial charge in [0.2, 0.25) is 5.91 Å². The zero-order valence-electron chi connectivity index (χ0n) is 24.3. The third-order valence-electron chi connectivity index (χ3n) is 6.66. The van der Waals surface area contributed by atoms with Crippen LogP contribution in [0.2, 0.25) is 0 Å². The van der Waals surface area contributed by atoms with Gasteiger partial charge in [0.1, 0.15) is 22.9 Å². The molecule has 1 aliphatic rings. The van der Waals surface area contributed by atoms with Crippen LogP contribution in [0.25, 0.3) is 0 Å². The van der Waals surface area contributed by atoms with E-state index < -0.39 is 58.5 Å². The van der Waals surface area contributed by atoms with Gasteiger partial charge in [0, 0.05) is 25.6 Å². The van der Waals surface area contributed by atoms with Crippen molar-refractivity contribution in [1.29, 1.82) is 0 Å². The number of rotatable bonds is 14. The lowest BCUT2D eigenvalue weighted by atomic mass is 9.80. The van der Waals surface area contributed by atoms with Gasteiger partial charge in [-0.3, -0.25) is 14.3 Å². The van der Waals surface area contributed by atoms with Crippen molar-refractivity contribution >= 4 is 27.5 Å². The number of nitrogens with one attached hydrogen (secondary N) is 2. The van der Waals surface area contributed by atoms with Crippen molar-refractivity contribution in [2.45, 2.75) is 77.0 Å². The molecule has 1 aromatic carbocycles. The maximum atomic E-state index is 13.5. The number of halogens is 6. The number of hydrogen-bond donors (Lipinski definition) is 2. The summed E-state index contributed by atoms with van der Waals surface area (Å²) in [6, 6.07) is 5.00. The van der Waals surface area contributed by atoms with Gasteiger partial charge in [-0.25, -0.2) is 13.1 Å². The smallest absolute Gasteiger partial charge is 0.494 e. The summed E-state index contributed by atoms with van der Waals surface area (Å²) < 4.78 is 108. The standard InChI is InChI=1S/C27H34F6N4O6S/c1-4-7-17-14-18(42-12-5-10-26(28,29)30)8-9-19(17)25(2)15-20-22(24(39)35-25)23(34-21(38)16-44(3,40)41)37(36-20)11-6-13-43-27(31,32)33/h8-9,14H,4-7,10-13,15-16H2,1-3H3,(H,34,38)(H,35,39)/t25-/m1/s1. The number of hydrogen-bond acceptors (Lipinski definition) is 7. The number of carbonyl (C=O) groups is 2. The number of sulfone groups is 1. The first kappa shape index (κ1) is 35.1. The molecule has 0 bridgehead atoms. The summed E-state index contributed by atoms with van der Waals surface area (Å²) in [5, 5.41) is 9.69. The minimum atomic E-state index is -4.85. The molecule has 246 valence electrons. The van der Waals surface area contributed by atoms with Gasteiger partial charge in [0.25, 0.3) is 5.91 Å². The van der Waals surface area contributed by atoms with E-state index >= 15 is 0 Å². The quantitative estimate of drug-likeness (QED) is 0.224. The van der Waals surface area contributed by atoms with Gasteiger partial charge in [-0.15, -0.1) is 13.2 Å². The number of nitrogens with zero attached hydrogens (tertiary/aromatic N) is 2. The first-order chi connectivity index (χ1) is 20.3. The van der Waals surface area contributed by atoms with Crippen molar-refractivity contribution in [3.05, 3.63) is 40.6 Å². The lowest BCUT2D eigenvalue weighted by Gasteiger charge is -2.36. The van der Waals surface area contributed by atoms with Crippen molar-refractivity contribution in [3.63, 3.8) is 0 Å². The maximum absolute atomic E-state index is 13.5. The third-order valence-corrected chi connectivity index (χ3v) is 7.44. The fourth-order valence-corrected chi connectivity index (χ4v) is 5.51. The molecule has 0 saturated carbocycles. The average Bonchev–Trinajstić information content (AvgIpc) is 3.19. The van der Waals surface area contributed by atoms with Gasteiger partial charge < -0.3 is 15.4 Å². The van der Waals surface area contributed by atoms with E-state index in [1.807, 2.05) is 6.92 Å². The van der Waals surface area contributed by atoms with E-state index in [1.54, 1.807) is 25.1 Å². The molecule has 17 heteroatoms. The van der Waals surface area contributed by atoms with Crippen LogP contribution in [-0.4, -0.2) is 67.8 Å². The molecule has 2 amide bonds. The molecular weight excluding hydrogens is 622 g/mol. The molecule has 0 spiro atoms. The van der Waals surface area contributed by atoms with Crippen molar-refractivity contribution < 1.29 is 53.8 Å². The fraction of sp³-hybridized carbons (Fsp3) is 0.593. The van der Waals surface area contributed by atoms with Crippen molar-refractivity contribution in [1.82, 2.24) is 15.1 Å². The Balaban J connectivity index is 1.91. The topological polar surface area (TPSA) is 129 Å². The van der Waals surface area contributed by atoms with E-state index in [1.165, 1.54) is 0 Å². The Labute approximate surface area is 250 Å². The van der Waals surface area contributed by atoms with Crippen LogP contribution >= 0.6 is 0 Å². The van der Waals surface area contributed by atoms with Crippen LogP contribution in [0, 0.1) is 0 Å². The van der Waals surface area contributed by atoms with Gasteiger partial charge in [0.05, 0.1) is 24.4 Å². The molecule has 44 heavy (non-hydrogen) atoms. The highest BCUT2D eigenvalue weighted by molar-refractivity contribution is 7.91. The van der Waals surface area contributed by atoms with Crippen LogP contribution in [-0.2, 0) is 44.3 Å². The predicted molar refractivity (Wildman–Crippen MR) is 147 cm³/mol. The normalized spacial score (nSPS) is 17.2. The number of fused-ring (bicyclic) bond motifs is 1. The van der Waals surface area contributed by atoms with E-state index in [-0.39, 0.29) is 49.5 Å². The minimum Gasteiger partial charge on any atom is -0.494 e. The highest BCUT2D eigenvalue weighted by Crippen LogP contribution is 2.37. The number of amides is 2. The second-order valence-corrected chi connectivity index (χ2v) is 12.9. The van der Waals surface area contributed by atoms with Gasteiger partial charge in [-0.05, 0) is 49.4 Å². The first-order valence-corrected chi connectivity index (χ1v) is 15.8. The molecule has 2 aromatic rings. The molecule has 1 aliphatic heterocycles. The molecule has 2 N–H and O–H groups in total. The summed E-state index contributed by atoms with van der Waals surface area (Å²) in [4.78, 5) is 26.0. The van der Waals surface area contributed by atoms with Crippen LogP contribution in [0.4, 0.5) is 32.2 Å². The Hall–Kier alpha value is -3.34. The molecule has 2 heterocycles. The Kier molecular flexibility index (Phi) is 11.0. The van der Waals surface area contributed by atoms with Gasteiger partial charge in [0.15, 0.2) is 9.84 Å². The Morgan fingerprint density at radius 2 is 1.86 bits per heavy atom. The summed E-state index contributed by atoms with van der Waals surface area (Å²) in [6.45, 7) is 2.62. The minimum absolute atomic E-state index is 0.0530. The number of benzene rings is 1. The second kappa shape index (κ2) is 13.7. The van der Waals surface area contributed by atoms with Gasteiger partial charge in [-0.2, -0.15) is 18.3 Å². The van der Waals surface area contributed by atoms with E-state index in [0.717, 1.165) is 16.5 Å². The highest BCUT2D eigenvalue weighted by Gasteiger charge is 2.41. The molecule has 3 rings (SSSR count). The number of ether oxygens (including phenoxy) is 2. The zero-order valence-corrected chi connectivity index (χ0v) is 25.1. The molecule has 0 aliphatic carbocycles. The third kappa shape index (κ3) is 10.1. The number of aryl methyl sites for hydroxylation is 2. The lowest BCUT2D eigenvalue weighted by Crippen LogP contribution is -2.49. The van der Waals surface area contributed by atoms with Crippen molar-refractivity contribution in [3.8, 4) is 5.75 Å². The van der Waals surface area contributed by atoms with E-state index in [4.69, 9.17) is 4.74 Å². The first-order valence-electron chi connectivity index (χ1n) is 13.7. The predicted octanol–water partition coefficient (Wildman–Crippen LogP) is 4.67. The summed E-state index contributed by atoms with van der Waals surface area (Å²) in [5.41, 5.74) is 0.588. The molecular formula is C27H34F6N4O6S. The number of aromatic nitrogens is 2. The molecule has 10 nitrogen and oxygen atoms in total. The van der Waals surface area contributed by atoms with Crippen LogP contribution < -0.4 is 15.4 Å². The van der Waals surface area contributed by atoms with Crippen molar-refractivity contribution in [2.24, 2.45) is 0 Å². The number of carbonyl (C=O) groups excluding carboxylic acids is 2. The summed E-state index contributed by atoms with van der Waals surface area (Å²) in [5.74, 6) is -2.30. The monoisotopic (exact) mass is 656 g/mol. The lowest BCUT2D eigenvalue weighted by molar-refractivity contribution is -0.324. The Morgan fingerprint density at radius 3 is 2.48 bits per heavy atom. The van der Waals surface area contributed by atoms with E-state index in [9.17, 15) is 44.3 Å². The SMILES string of the molecule is CCCc1cc(OCCCC(F)(F)F)ccc1[C@@]1(C)Cc2nn(CCCOC(F)(F)F)c(NC(=O)CS(C)(=O)=O)c2C(=O)N1. The van der Waals surface area contributed by atoms with Crippen LogP contribution in [0.1, 0.15) is 66.7 Å². The molecule has 0 saturated heterocycles. The van der Waals surface area contributed by atoms with Crippen LogP contribution in [0.5, 0.6) is 5.75 Å². The molecule has 0 unspecified atom stereocenters. The average molecular weight is 657 g/mol. The molecule has 0 radical (unpaired) electrons. The van der Waals surface area contributed by atoms with Crippen LogP contribution in [0.3, 0.4) is 0 Å². The largest absolute Gasteiger partial charge is 0.522 e. The molecule has 1 atom stereocenters. The summed E-state index contributed by atoms with van der Waals surface area (Å²) >= 11 is 0. The molecule has 0 fully saturated rings. The van der Waals surface area contributed by atoms with Gasteiger partial charge >= 0.3 is 12.5 Å². The van der Waals surface area contributed by atoms with E-state index in [0.29, 0.717) is 24.2 Å². The van der Waals surface area contributed by atoms with Gasteiger partial charge in [-0.1, -0.05) is 19.4 Å². The second-order valence-electron chi connectivity index (χ2n) is 10.8. The number of alkyl halides is 6. The zero-order chi connectivity index (χ0) is 32.9. The Bertz CT molecular complexity index is 1460. The van der Waals surface area contributed by atoms with E-state index in [2.05, 4.69) is 20.5 Å². The van der Waals surface area contributed by atoms with Crippen molar-refractivity contribution in [2.75, 3.05) is 30.5 Å². The fourth-order valence-electron chi connectivity index (χ4n) is 4.96. The highest BCUT2D eigenvalue weighted by atomic mass is 32.2.